The van der Waals surface area contributed by atoms with E-state index in [1.165, 1.54) is 11.3 Å². The third-order valence-electron chi connectivity index (χ3n) is 5.23. The number of ether oxygens (including phenoxy) is 2. The van der Waals surface area contributed by atoms with Gasteiger partial charge in [0.05, 0.1) is 25.8 Å². The lowest BCUT2D eigenvalue weighted by Crippen LogP contribution is -2.28. The van der Waals surface area contributed by atoms with Crippen molar-refractivity contribution in [2.24, 2.45) is 0 Å². The van der Waals surface area contributed by atoms with Gasteiger partial charge < -0.3 is 14.8 Å². The minimum atomic E-state index is -0.295. The Kier molecular flexibility index (Phi) is 6.18. The van der Waals surface area contributed by atoms with Gasteiger partial charge >= 0.3 is 0 Å². The lowest BCUT2D eigenvalue weighted by Gasteiger charge is -2.11. The maximum atomic E-state index is 12.7. The van der Waals surface area contributed by atoms with Gasteiger partial charge in [0.1, 0.15) is 11.5 Å². The zero-order valence-corrected chi connectivity index (χ0v) is 18.1. The molecular formula is C23H23N3O4S. The fraction of sp³-hybridized carbons (Fsp3) is 0.261. The van der Waals surface area contributed by atoms with Crippen LogP contribution in [0.1, 0.15) is 38.8 Å². The van der Waals surface area contributed by atoms with Crippen molar-refractivity contribution in [1.29, 1.82) is 0 Å². The van der Waals surface area contributed by atoms with E-state index in [2.05, 4.69) is 15.6 Å². The predicted octanol–water partition coefficient (Wildman–Crippen LogP) is 3.76. The number of hydrogen-bond donors (Lipinski definition) is 2. The molecule has 2 aromatic carbocycles. The maximum absolute atomic E-state index is 12.7. The van der Waals surface area contributed by atoms with Crippen molar-refractivity contribution in [2.75, 3.05) is 19.5 Å². The summed E-state index contributed by atoms with van der Waals surface area (Å²) < 4.78 is 10.3. The summed E-state index contributed by atoms with van der Waals surface area (Å²) in [6, 6.07) is 14.5. The van der Waals surface area contributed by atoms with Crippen LogP contribution in [0.15, 0.2) is 48.5 Å². The highest BCUT2D eigenvalue weighted by Gasteiger charge is 2.32. The van der Waals surface area contributed by atoms with Crippen LogP contribution in [-0.2, 0) is 17.8 Å². The zero-order chi connectivity index (χ0) is 21.8. The minimum absolute atomic E-state index is 0.0482. The number of nitrogens with one attached hydrogen (secondary N) is 2. The number of methoxy groups -OCH3 is 2. The van der Waals surface area contributed by atoms with Crippen LogP contribution in [0.25, 0.3) is 0 Å². The smallest absolute Gasteiger partial charge is 0.257 e. The second-order valence-electron chi connectivity index (χ2n) is 7.17. The monoisotopic (exact) mass is 437 g/mol. The van der Waals surface area contributed by atoms with Crippen molar-refractivity contribution in [2.45, 2.75) is 25.3 Å². The summed E-state index contributed by atoms with van der Waals surface area (Å²) in [6.45, 7) is 0.444. The number of anilines is 1. The highest BCUT2D eigenvalue weighted by Crippen LogP contribution is 2.38. The average Bonchev–Trinajstić information content (AvgIpc) is 3.38. The number of nitrogens with zero attached hydrogens (tertiary/aromatic N) is 1. The van der Waals surface area contributed by atoms with E-state index in [4.69, 9.17) is 9.47 Å². The first-order valence-corrected chi connectivity index (χ1v) is 10.7. The lowest BCUT2D eigenvalue weighted by molar-refractivity contribution is -0.122. The molecule has 0 saturated heterocycles. The standard InChI is InChI=1S/C23H23N3O4S/c1-29-16-7-3-14(4-8-16)13-24-22(28)18-11-12-19-20(18)25-23(31-19)26-21(27)15-5-9-17(30-2)10-6-15/h3-10,18H,11-13H2,1-2H3,(H,24,28)(H,25,26,27). The number of benzene rings is 2. The van der Waals surface area contributed by atoms with E-state index < -0.39 is 0 Å². The van der Waals surface area contributed by atoms with Crippen LogP contribution >= 0.6 is 11.3 Å². The Labute approximate surface area is 184 Å². The zero-order valence-electron chi connectivity index (χ0n) is 17.3. The molecule has 1 unspecified atom stereocenters. The Bertz CT molecular complexity index is 1080. The molecule has 0 aliphatic heterocycles. The molecule has 160 valence electrons. The summed E-state index contributed by atoms with van der Waals surface area (Å²) in [4.78, 5) is 30.8. The van der Waals surface area contributed by atoms with E-state index in [1.807, 2.05) is 24.3 Å². The molecule has 3 aromatic rings. The van der Waals surface area contributed by atoms with Gasteiger partial charge in [0.25, 0.3) is 5.91 Å². The number of carbonyl (C=O) groups excluding carboxylic acids is 2. The van der Waals surface area contributed by atoms with Gasteiger partial charge in [-0.05, 0) is 54.8 Å². The van der Waals surface area contributed by atoms with Crippen LogP contribution in [-0.4, -0.2) is 31.0 Å². The molecule has 2 amide bonds. The molecule has 1 heterocycles. The second-order valence-corrected chi connectivity index (χ2v) is 8.25. The molecule has 0 saturated carbocycles. The van der Waals surface area contributed by atoms with Crippen molar-refractivity contribution < 1.29 is 19.1 Å². The molecule has 0 bridgehead atoms. The van der Waals surface area contributed by atoms with E-state index in [0.717, 1.165) is 34.7 Å². The first-order valence-electron chi connectivity index (χ1n) is 9.93. The van der Waals surface area contributed by atoms with E-state index in [0.29, 0.717) is 23.0 Å². The van der Waals surface area contributed by atoms with Gasteiger partial charge in [0.2, 0.25) is 5.91 Å². The Morgan fingerprint density at radius 2 is 1.68 bits per heavy atom. The van der Waals surface area contributed by atoms with Crippen molar-refractivity contribution >= 4 is 28.3 Å². The topological polar surface area (TPSA) is 89.6 Å². The van der Waals surface area contributed by atoms with Crippen LogP contribution in [0.5, 0.6) is 11.5 Å². The maximum Gasteiger partial charge on any atom is 0.257 e. The third-order valence-corrected chi connectivity index (χ3v) is 6.28. The largest absolute Gasteiger partial charge is 0.497 e. The van der Waals surface area contributed by atoms with E-state index in [9.17, 15) is 9.59 Å². The Morgan fingerprint density at radius 1 is 1.03 bits per heavy atom. The number of rotatable bonds is 7. The molecule has 1 aliphatic rings. The molecule has 2 N–H and O–H groups in total. The van der Waals surface area contributed by atoms with Gasteiger partial charge in [-0.3, -0.25) is 14.9 Å². The molecule has 1 atom stereocenters. The first-order chi connectivity index (χ1) is 15.1. The molecule has 1 aromatic heterocycles. The predicted molar refractivity (Wildman–Crippen MR) is 119 cm³/mol. The number of carbonyl (C=O) groups is 2. The van der Waals surface area contributed by atoms with Crippen LogP contribution in [0.4, 0.5) is 5.13 Å². The van der Waals surface area contributed by atoms with E-state index in [-0.39, 0.29) is 17.7 Å². The van der Waals surface area contributed by atoms with Gasteiger partial charge in [0.15, 0.2) is 5.13 Å². The number of fused-ring (bicyclic) bond motifs is 1. The van der Waals surface area contributed by atoms with E-state index in [1.54, 1.807) is 38.5 Å². The summed E-state index contributed by atoms with van der Waals surface area (Å²) >= 11 is 1.43. The molecular weight excluding hydrogens is 414 g/mol. The minimum Gasteiger partial charge on any atom is -0.497 e. The quantitative estimate of drug-likeness (QED) is 0.588. The Morgan fingerprint density at radius 3 is 2.32 bits per heavy atom. The van der Waals surface area contributed by atoms with Crippen LogP contribution in [0.3, 0.4) is 0 Å². The molecule has 7 nitrogen and oxygen atoms in total. The molecule has 31 heavy (non-hydrogen) atoms. The van der Waals surface area contributed by atoms with Gasteiger partial charge in [-0.2, -0.15) is 0 Å². The van der Waals surface area contributed by atoms with Crippen LogP contribution in [0, 0.1) is 0 Å². The average molecular weight is 438 g/mol. The Balaban J connectivity index is 1.38. The van der Waals surface area contributed by atoms with Crippen molar-refractivity contribution in [3.8, 4) is 11.5 Å². The Hall–Kier alpha value is -3.39. The van der Waals surface area contributed by atoms with Crippen molar-refractivity contribution in [1.82, 2.24) is 10.3 Å². The lowest BCUT2D eigenvalue weighted by atomic mass is 10.1. The number of aryl methyl sites for hydroxylation is 1. The summed E-state index contributed by atoms with van der Waals surface area (Å²) in [6.07, 6.45) is 1.52. The highest BCUT2D eigenvalue weighted by atomic mass is 32.1. The fourth-order valence-corrected chi connectivity index (χ4v) is 4.54. The highest BCUT2D eigenvalue weighted by molar-refractivity contribution is 7.16. The van der Waals surface area contributed by atoms with Gasteiger partial charge in [-0.1, -0.05) is 12.1 Å². The molecule has 0 radical (unpaired) electrons. The van der Waals surface area contributed by atoms with Crippen LogP contribution in [0.2, 0.25) is 0 Å². The fourth-order valence-electron chi connectivity index (χ4n) is 3.50. The number of aromatic nitrogens is 1. The van der Waals surface area contributed by atoms with Gasteiger partial charge in [-0.25, -0.2) is 4.98 Å². The SMILES string of the molecule is COc1ccc(CNC(=O)C2CCc3sc(NC(=O)c4ccc(OC)cc4)nc32)cc1. The molecule has 0 spiro atoms. The second kappa shape index (κ2) is 9.18. The summed E-state index contributed by atoms with van der Waals surface area (Å²) in [5.41, 5.74) is 2.28. The summed E-state index contributed by atoms with van der Waals surface area (Å²) in [5.74, 6) is 0.884. The molecule has 1 aliphatic carbocycles. The summed E-state index contributed by atoms with van der Waals surface area (Å²) in [7, 11) is 3.20. The third kappa shape index (κ3) is 4.69. The van der Waals surface area contributed by atoms with E-state index >= 15 is 0 Å². The van der Waals surface area contributed by atoms with Crippen molar-refractivity contribution in [3.05, 3.63) is 70.2 Å². The van der Waals surface area contributed by atoms with Gasteiger partial charge in [0, 0.05) is 17.0 Å². The molecule has 4 rings (SSSR count). The number of thiazole rings is 1. The summed E-state index contributed by atoms with van der Waals surface area (Å²) in [5, 5.41) is 6.34. The van der Waals surface area contributed by atoms with Gasteiger partial charge in [-0.15, -0.1) is 11.3 Å². The van der Waals surface area contributed by atoms with Crippen molar-refractivity contribution in [3.63, 3.8) is 0 Å². The number of amides is 2. The van der Waals surface area contributed by atoms with Crippen LogP contribution < -0.4 is 20.1 Å². The normalized spacial score (nSPS) is 14.6. The first kappa shape index (κ1) is 20.9. The number of hydrogen-bond acceptors (Lipinski definition) is 6. The molecule has 0 fully saturated rings. The molecule has 8 heteroatoms.